The van der Waals surface area contributed by atoms with Gasteiger partial charge in [0, 0.05) is 38.8 Å². The van der Waals surface area contributed by atoms with Crippen molar-refractivity contribution in [3.8, 4) is 5.75 Å². The van der Waals surface area contributed by atoms with Gasteiger partial charge in [-0.15, -0.1) is 0 Å². The lowest BCUT2D eigenvalue weighted by molar-refractivity contribution is -0.139. The van der Waals surface area contributed by atoms with Gasteiger partial charge in [-0.2, -0.15) is 13.2 Å². The van der Waals surface area contributed by atoms with Crippen LogP contribution in [0.1, 0.15) is 49.5 Å². The number of ether oxygens (including phenoxy) is 1. The van der Waals surface area contributed by atoms with Crippen molar-refractivity contribution in [2.24, 2.45) is 5.92 Å². The van der Waals surface area contributed by atoms with Crippen molar-refractivity contribution >= 4 is 29.3 Å². The molecule has 1 atom stereocenters. The lowest BCUT2D eigenvalue weighted by Crippen LogP contribution is -2.66. The molecule has 0 aromatic heterocycles. The summed E-state index contributed by atoms with van der Waals surface area (Å²) < 4.78 is 73.3. The molecule has 3 rings (SSSR count). The molecule has 0 radical (unpaired) electrons. The number of carbonyl (C=O) groups excluding carboxylic acids is 4. The van der Waals surface area contributed by atoms with Gasteiger partial charge in [0.2, 0.25) is 17.7 Å². The maximum absolute atomic E-state index is 14.6. The highest BCUT2D eigenvalue weighted by Crippen LogP contribution is 2.36. The number of hydrogen-bond donors (Lipinski definition) is 2. The number of nitrogens with zero attached hydrogens (tertiary/aromatic N) is 2. The summed E-state index contributed by atoms with van der Waals surface area (Å²) in [5.41, 5.74) is -3.49. The van der Waals surface area contributed by atoms with Crippen LogP contribution >= 0.6 is 0 Å². The van der Waals surface area contributed by atoms with Gasteiger partial charge in [0.05, 0.1) is 18.2 Å². The van der Waals surface area contributed by atoms with Crippen LogP contribution in [0.2, 0.25) is 0 Å². The number of piperidine rings is 1. The summed E-state index contributed by atoms with van der Waals surface area (Å²) in [5.74, 6) is -5.45. The molecular formula is C29H33F5N4O5. The van der Waals surface area contributed by atoms with E-state index in [0.717, 1.165) is 6.07 Å². The molecule has 1 heterocycles. The number of nitrogens with one attached hydrogen (secondary N) is 2. The van der Waals surface area contributed by atoms with Crippen LogP contribution in [0.4, 0.5) is 27.6 Å². The Labute approximate surface area is 245 Å². The molecule has 1 aliphatic rings. The van der Waals surface area contributed by atoms with Gasteiger partial charge in [0.15, 0.2) is 11.6 Å². The molecule has 1 aliphatic heterocycles. The molecule has 14 heteroatoms. The van der Waals surface area contributed by atoms with Crippen LogP contribution in [-0.2, 0) is 20.6 Å². The van der Waals surface area contributed by atoms with Gasteiger partial charge >= 0.3 is 6.18 Å². The van der Waals surface area contributed by atoms with Crippen LogP contribution < -0.4 is 20.3 Å². The second-order valence-electron chi connectivity index (χ2n) is 10.5. The minimum absolute atomic E-state index is 0.0616. The van der Waals surface area contributed by atoms with Gasteiger partial charge in [-0.3, -0.25) is 24.1 Å². The second-order valence-corrected chi connectivity index (χ2v) is 10.5. The number of amides is 4. The highest BCUT2D eigenvalue weighted by atomic mass is 19.4. The zero-order valence-corrected chi connectivity index (χ0v) is 24.3. The lowest BCUT2D eigenvalue weighted by atomic mass is 9.83. The maximum Gasteiger partial charge on any atom is 0.416 e. The first-order chi connectivity index (χ1) is 20.1. The number of hydrogen-bond acceptors (Lipinski definition) is 5. The highest BCUT2D eigenvalue weighted by Gasteiger charge is 2.49. The minimum Gasteiger partial charge on any atom is -0.494 e. The first-order valence-electron chi connectivity index (χ1n) is 13.4. The number of likely N-dealkylation sites (tertiary alicyclic amines) is 1. The minimum atomic E-state index is -4.81. The van der Waals surface area contributed by atoms with Gasteiger partial charge in [-0.1, -0.05) is 13.8 Å². The second kappa shape index (κ2) is 13.0. The van der Waals surface area contributed by atoms with Crippen LogP contribution in [0.15, 0.2) is 36.4 Å². The van der Waals surface area contributed by atoms with Crippen LogP contribution in [-0.4, -0.2) is 67.4 Å². The standard InChI is InChI=1S/C29H33F5N4O5/c1-16(2)24(36-25(40)20-14-18(29(32,33)34)6-8-21(20)30)26(41)37-12-10-28(11-13-37,27(42)35-4)38(17(3)39)19-7-9-23(43-5)22(31)15-19/h6-9,14-16,24H,10-13H2,1-5H3,(H,35,42)(H,36,40)/t24-/m1/s1. The maximum atomic E-state index is 14.6. The molecular weight excluding hydrogens is 579 g/mol. The molecule has 43 heavy (non-hydrogen) atoms. The van der Waals surface area contributed by atoms with E-state index in [1.165, 1.54) is 43.0 Å². The van der Waals surface area contributed by atoms with E-state index in [1.807, 2.05) is 0 Å². The SMILES string of the molecule is CNC(=O)C1(N(C(C)=O)c2ccc(OC)c(F)c2)CCN(C(=O)[C@H](NC(=O)c2cc(C(F)(F)F)ccc2F)C(C)C)CC1. The van der Waals surface area contributed by atoms with Gasteiger partial charge in [-0.25, -0.2) is 8.78 Å². The summed E-state index contributed by atoms with van der Waals surface area (Å²) in [7, 11) is 2.66. The summed E-state index contributed by atoms with van der Waals surface area (Å²) in [6, 6.07) is 4.00. The molecule has 4 amide bonds. The Bertz CT molecular complexity index is 1390. The predicted molar refractivity (Wildman–Crippen MR) is 146 cm³/mol. The van der Waals surface area contributed by atoms with Crippen molar-refractivity contribution in [1.29, 1.82) is 0 Å². The van der Waals surface area contributed by atoms with Gasteiger partial charge in [0.25, 0.3) is 5.91 Å². The fourth-order valence-electron chi connectivity index (χ4n) is 5.21. The zero-order valence-electron chi connectivity index (χ0n) is 24.3. The van der Waals surface area contributed by atoms with Crippen LogP contribution in [0.3, 0.4) is 0 Å². The molecule has 234 valence electrons. The van der Waals surface area contributed by atoms with Crippen molar-refractivity contribution in [2.75, 3.05) is 32.1 Å². The molecule has 2 aromatic rings. The van der Waals surface area contributed by atoms with E-state index < -0.39 is 70.1 Å². The highest BCUT2D eigenvalue weighted by molar-refractivity contribution is 6.03. The number of rotatable bonds is 8. The number of anilines is 1. The Hall–Kier alpha value is -4.23. The Balaban J connectivity index is 1.87. The number of benzene rings is 2. The van der Waals surface area contributed by atoms with E-state index in [1.54, 1.807) is 13.8 Å². The topological polar surface area (TPSA) is 108 Å². The number of likely N-dealkylation sites (N-methyl/N-ethyl adjacent to an activating group) is 1. The van der Waals surface area contributed by atoms with E-state index in [0.29, 0.717) is 18.2 Å². The first-order valence-corrected chi connectivity index (χ1v) is 13.4. The molecule has 0 bridgehead atoms. The number of alkyl halides is 3. The first kappa shape index (κ1) is 33.3. The van der Waals surface area contributed by atoms with Crippen LogP contribution in [0, 0.1) is 17.6 Å². The zero-order chi connectivity index (χ0) is 32.3. The molecule has 9 nitrogen and oxygen atoms in total. The summed E-state index contributed by atoms with van der Waals surface area (Å²) in [5, 5.41) is 4.89. The van der Waals surface area contributed by atoms with E-state index in [9.17, 15) is 41.1 Å². The predicted octanol–water partition coefficient (Wildman–Crippen LogP) is 3.91. The van der Waals surface area contributed by atoms with Crippen LogP contribution in [0.5, 0.6) is 5.75 Å². The van der Waals surface area contributed by atoms with Crippen molar-refractivity contribution in [2.45, 2.75) is 51.4 Å². The normalized spacial score (nSPS) is 15.5. The average molecular weight is 613 g/mol. The summed E-state index contributed by atoms with van der Waals surface area (Å²) in [6.45, 7) is 4.29. The van der Waals surface area contributed by atoms with Crippen molar-refractivity contribution < 1.29 is 45.9 Å². The molecule has 1 fully saturated rings. The molecule has 2 N–H and O–H groups in total. The van der Waals surface area contributed by atoms with Crippen molar-refractivity contribution in [3.05, 3.63) is 59.2 Å². The Morgan fingerprint density at radius 3 is 2.12 bits per heavy atom. The molecule has 0 unspecified atom stereocenters. The van der Waals surface area contributed by atoms with Gasteiger partial charge in [-0.05, 0) is 49.1 Å². The fourth-order valence-corrected chi connectivity index (χ4v) is 5.21. The largest absolute Gasteiger partial charge is 0.494 e. The molecule has 0 spiro atoms. The van der Waals surface area contributed by atoms with E-state index in [2.05, 4.69) is 10.6 Å². The number of carbonyl (C=O) groups is 4. The molecule has 2 aromatic carbocycles. The fraction of sp³-hybridized carbons (Fsp3) is 0.448. The Morgan fingerprint density at radius 2 is 1.63 bits per heavy atom. The van der Waals surface area contributed by atoms with E-state index >= 15 is 0 Å². The third-order valence-electron chi connectivity index (χ3n) is 7.45. The smallest absolute Gasteiger partial charge is 0.416 e. The molecule has 1 saturated heterocycles. The molecule has 0 saturated carbocycles. The monoisotopic (exact) mass is 612 g/mol. The Kier molecular flexibility index (Phi) is 10.0. The van der Waals surface area contributed by atoms with Gasteiger partial charge in [0.1, 0.15) is 17.4 Å². The number of halogens is 5. The quantitative estimate of drug-likeness (QED) is 0.440. The number of methoxy groups -OCH3 is 1. The summed E-state index contributed by atoms with van der Waals surface area (Å²) in [4.78, 5) is 55.1. The Morgan fingerprint density at radius 1 is 1.00 bits per heavy atom. The van der Waals surface area contributed by atoms with E-state index in [4.69, 9.17) is 4.74 Å². The average Bonchev–Trinajstić information content (AvgIpc) is 2.94. The third-order valence-corrected chi connectivity index (χ3v) is 7.45. The van der Waals surface area contributed by atoms with Gasteiger partial charge < -0.3 is 20.3 Å². The lowest BCUT2D eigenvalue weighted by Gasteiger charge is -2.47. The van der Waals surface area contributed by atoms with Crippen LogP contribution in [0.25, 0.3) is 0 Å². The molecule has 0 aliphatic carbocycles. The van der Waals surface area contributed by atoms with E-state index in [-0.39, 0.29) is 37.4 Å². The third kappa shape index (κ3) is 6.89. The summed E-state index contributed by atoms with van der Waals surface area (Å²) >= 11 is 0. The van der Waals surface area contributed by atoms with Crippen molar-refractivity contribution in [3.63, 3.8) is 0 Å². The summed E-state index contributed by atoms with van der Waals surface area (Å²) in [6.07, 6.45) is -4.94. The van der Waals surface area contributed by atoms with Crippen molar-refractivity contribution in [1.82, 2.24) is 15.5 Å².